The lowest BCUT2D eigenvalue weighted by Gasteiger charge is -2.30. The minimum atomic E-state index is 0. The van der Waals surface area contributed by atoms with Crippen LogP contribution >= 0.6 is 24.0 Å². The molecule has 0 amide bonds. The largest absolute Gasteiger partial charge is 0.493 e. The molecule has 156 valence electrons. The minimum Gasteiger partial charge on any atom is -0.493 e. The Hall–Kier alpha value is -1.22. The number of benzene rings is 1. The molecule has 0 unspecified atom stereocenters. The molecular weight excluding hydrogens is 455 g/mol. The first-order chi connectivity index (χ1) is 12.4. The van der Waals surface area contributed by atoms with Crippen LogP contribution in [0.15, 0.2) is 23.2 Å². The highest BCUT2D eigenvalue weighted by molar-refractivity contribution is 14.0. The van der Waals surface area contributed by atoms with Crippen molar-refractivity contribution < 1.29 is 9.47 Å². The van der Waals surface area contributed by atoms with Crippen molar-refractivity contribution in [2.75, 3.05) is 33.9 Å². The van der Waals surface area contributed by atoms with E-state index in [4.69, 9.17) is 14.5 Å². The van der Waals surface area contributed by atoms with Crippen molar-refractivity contribution in [2.45, 2.75) is 53.2 Å². The lowest BCUT2D eigenvalue weighted by Crippen LogP contribution is -2.45. The van der Waals surface area contributed by atoms with Gasteiger partial charge in [0.2, 0.25) is 0 Å². The number of hydrogen-bond acceptors (Lipinski definition) is 4. The molecule has 0 saturated carbocycles. The van der Waals surface area contributed by atoms with Gasteiger partial charge in [0, 0.05) is 37.3 Å². The maximum Gasteiger partial charge on any atom is 0.191 e. The van der Waals surface area contributed by atoms with Gasteiger partial charge in [-0.05, 0) is 40.7 Å². The summed E-state index contributed by atoms with van der Waals surface area (Å²) < 4.78 is 10.8. The Kier molecular flexibility index (Phi) is 13.2. The van der Waals surface area contributed by atoms with Gasteiger partial charge in [0.25, 0.3) is 0 Å². The molecule has 2 N–H and O–H groups in total. The number of hydrogen-bond donors (Lipinski definition) is 2. The summed E-state index contributed by atoms with van der Waals surface area (Å²) in [7, 11) is 3.30. The molecular formula is C20H37IN4O2. The summed E-state index contributed by atoms with van der Waals surface area (Å²) in [6, 6.07) is 6.90. The predicted octanol–water partition coefficient (Wildman–Crippen LogP) is 3.50. The highest BCUT2D eigenvalue weighted by atomic mass is 127. The molecule has 0 aliphatic carbocycles. The number of nitrogens with zero attached hydrogens (tertiary/aromatic N) is 2. The van der Waals surface area contributed by atoms with Gasteiger partial charge in [-0.1, -0.05) is 12.1 Å². The Bertz CT molecular complexity index is 557. The van der Waals surface area contributed by atoms with Gasteiger partial charge in [-0.2, -0.15) is 0 Å². The standard InChI is InChI=1S/C20H36N4O2.HI/c1-8-21-20(22-12-13-24(15(2)3)16(4)5)23-14-17-10-9-11-18(25-6)19(17)26-7;/h9-11,15-16H,8,12-14H2,1-7H3,(H2,21,22,23);1H. The number of methoxy groups -OCH3 is 2. The molecule has 0 bridgehead atoms. The zero-order valence-corrected chi connectivity index (χ0v) is 20.2. The first kappa shape index (κ1) is 25.8. The number of para-hydroxylation sites is 1. The molecule has 1 aromatic rings. The molecule has 27 heavy (non-hydrogen) atoms. The van der Waals surface area contributed by atoms with Crippen LogP contribution in [0.3, 0.4) is 0 Å². The predicted molar refractivity (Wildman–Crippen MR) is 125 cm³/mol. The van der Waals surface area contributed by atoms with Gasteiger partial charge < -0.3 is 20.1 Å². The van der Waals surface area contributed by atoms with Gasteiger partial charge in [-0.25, -0.2) is 4.99 Å². The van der Waals surface area contributed by atoms with E-state index < -0.39 is 0 Å². The average molecular weight is 492 g/mol. The van der Waals surface area contributed by atoms with E-state index in [0.717, 1.165) is 42.7 Å². The van der Waals surface area contributed by atoms with Gasteiger partial charge in [-0.3, -0.25) is 4.90 Å². The van der Waals surface area contributed by atoms with E-state index in [-0.39, 0.29) is 24.0 Å². The third-order valence-electron chi connectivity index (χ3n) is 4.23. The zero-order chi connectivity index (χ0) is 19.5. The fourth-order valence-corrected chi connectivity index (χ4v) is 3.00. The van der Waals surface area contributed by atoms with Crippen molar-refractivity contribution in [3.05, 3.63) is 23.8 Å². The molecule has 0 saturated heterocycles. The van der Waals surface area contributed by atoms with Crippen LogP contribution in [0.2, 0.25) is 0 Å². The minimum absolute atomic E-state index is 0. The van der Waals surface area contributed by atoms with Crippen molar-refractivity contribution in [3.63, 3.8) is 0 Å². The monoisotopic (exact) mass is 492 g/mol. The fourth-order valence-electron chi connectivity index (χ4n) is 3.00. The maximum atomic E-state index is 5.48. The van der Waals surface area contributed by atoms with Crippen LogP contribution in [-0.2, 0) is 6.54 Å². The molecule has 6 nitrogen and oxygen atoms in total. The maximum absolute atomic E-state index is 5.48. The molecule has 7 heteroatoms. The Morgan fingerprint density at radius 3 is 2.26 bits per heavy atom. The summed E-state index contributed by atoms with van der Waals surface area (Å²) in [5, 5.41) is 6.72. The third kappa shape index (κ3) is 8.55. The lowest BCUT2D eigenvalue weighted by atomic mass is 10.2. The highest BCUT2D eigenvalue weighted by Gasteiger charge is 2.13. The molecule has 0 aromatic heterocycles. The topological polar surface area (TPSA) is 58.1 Å². The first-order valence-electron chi connectivity index (χ1n) is 9.42. The second kappa shape index (κ2) is 13.9. The summed E-state index contributed by atoms with van der Waals surface area (Å²) in [4.78, 5) is 7.15. The van der Waals surface area contributed by atoms with E-state index in [9.17, 15) is 0 Å². The Morgan fingerprint density at radius 1 is 1.07 bits per heavy atom. The molecule has 1 rings (SSSR count). The number of halogens is 1. The quantitative estimate of drug-likeness (QED) is 0.298. The molecule has 0 aliphatic rings. The first-order valence-corrected chi connectivity index (χ1v) is 9.42. The van der Waals surface area contributed by atoms with Crippen molar-refractivity contribution >= 4 is 29.9 Å². The van der Waals surface area contributed by atoms with E-state index in [1.54, 1.807) is 14.2 Å². The molecule has 0 heterocycles. The van der Waals surface area contributed by atoms with Crippen molar-refractivity contribution in [2.24, 2.45) is 4.99 Å². The normalized spacial score (nSPS) is 11.6. The summed E-state index contributed by atoms with van der Waals surface area (Å²) in [5.41, 5.74) is 0.995. The van der Waals surface area contributed by atoms with Gasteiger partial charge in [0.1, 0.15) is 0 Å². The third-order valence-corrected chi connectivity index (χ3v) is 4.23. The number of ether oxygens (including phenoxy) is 2. The Labute approximate surface area is 182 Å². The fraction of sp³-hybridized carbons (Fsp3) is 0.650. The van der Waals surface area contributed by atoms with Crippen LogP contribution in [0.4, 0.5) is 0 Å². The highest BCUT2D eigenvalue weighted by Crippen LogP contribution is 2.30. The van der Waals surface area contributed by atoms with E-state index >= 15 is 0 Å². The molecule has 1 aromatic carbocycles. The van der Waals surface area contributed by atoms with Gasteiger partial charge in [0.05, 0.1) is 20.8 Å². The molecule has 0 aliphatic heterocycles. The number of aliphatic imine (C=N–C) groups is 1. The number of nitrogens with one attached hydrogen (secondary N) is 2. The summed E-state index contributed by atoms with van der Waals surface area (Å²) >= 11 is 0. The average Bonchev–Trinajstić information content (AvgIpc) is 2.61. The van der Waals surface area contributed by atoms with Crippen molar-refractivity contribution in [3.8, 4) is 11.5 Å². The van der Waals surface area contributed by atoms with Crippen LogP contribution < -0.4 is 20.1 Å². The van der Waals surface area contributed by atoms with Crippen LogP contribution in [0.25, 0.3) is 0 Å². The van der Waals surface area contributed by atoms with Crippen LogP contribution in [0.5, 0.6) is 11.5 Å². The Morgan fingerprint density at radius 2 is 1.74 bits per heavy atom. The molecule has 0 atom stereocenters. The van der Waals surface area contributed by atoms with E-state index in [2.05, 4.69) is 50.2 Å². The molecule has 0 radical (unpaired) electrons. The smallest absolute Gasteiger partial charge is 0.191 e. The second-order valence-electron chi connectivity index (χ2n) is 6.70. The second-order valence-corrected chi connectivity index (χ2v) is 6.70. The number of rotatable bonds is 10. The number of guanidine groups is 1. The SMILES string of the molecule is CCNC(=NCc1cccc(OC)c1OC)NCCN(C(C)C)C(C)C.I. The molecule has 0 spiro atoms. The van der Waals surface area contributed by atoms with Crippen molar-refractivity contribution in [1.29, 1.82) is 0 Å². The molecule has 0 fully saturated rings. The van der Waals surface area contributed by atoms with E-state index in [0.29, 0.717) is 18.6 Å². The lowest BCUT2D eigenvalue weighted by molar-refractivity contribution is 0.178. The van der Waals surface area contributed by atoms with E-state index in [1.807, 2.05) is 18.2 Å². The van der Waals surface area contributed by atoms with Crippen LogP contribution in [0.1, 0.15) is 40.2 Å². The van der Waals surface area contributed by atoms with E-state index in [1.165, 1.54) is 0 Å². The van der Waals surface area contributed by atoms with Crippen LogP contribution in [0, 0.1) is 0 Å². The van der Waals surface area contributed by atoms with Crippen LogP contribution in [-0.4, -0.2) is 56.8 Å². The van der Waals surface area contributed by atoms with Crippen molar-refractivity contribution in [1.82, 2.24) is 15.5 Å². The van der Waals surface area contributed by atoms with Gasteiger partial charge >= 0.3 is 0 Å². The summed E-state index contributed by atoms with van der Waals surface area (Å²) in [6.45, 7) is 14.1. The summed E-state index contributed by atoms with van der Waals surface area (Å²) in [5.74, 6) is 2.27. The van der Waals surface area contributed by atoms with Gasteiger partial charge in [-0.15, -0.1) is 24.0 Å². The summed E-state index contributed by atoms with van der Waals surface area (Å²) in [6.07, 6.45) is 0. The van der Waals surface area contributed by atoms with Gasteiger partial charge in [0.15, 0.2) is 17.5 Å². The Balaban J connectivity index is 0.00000676. The zero-order valence-electron chi connectivity index (χ0n) is 17.8.